The molecular weight excluding hydrogens is 727 g/mol. The van der Waals surface area contributed by atoms with E-state index in [1.807, 2.05) is 22.7 Å². The van der Waals surface area contributed by atoms with E-state index in [0.717, 1.165) is 17.1 Å². The van der Waals surface area contributed by atoms with Gasteiger partial charge >= 0.3 is 0 Å². The van der Waals surface area contributed by atoms with Crippen molar-refractivity contribution in [3.8, 4) is 44.5 Å². The second-order valence-electron chi connectivity index (χ2n) is 14.5. The number of anilines is 3. The highest BCUT2D eigenvalue weighted by atomic mass is 32.1. The predicted octanol–water partition coefficient (Wildman–Crippen LogP) is 16.6. The predicted molar refractivity (Wildman–Crippen MR) is 249 cm³/mol. The summed E-state index contributed by atoms with van der Waals surface area (Å²) in [5.41, 5.74) is 13.4. The van der Waals surface area contributed by atoms with Crippen LogP contribution in [0.1, 0.15) is 0 Å². The fourth-order valence-corrected chi connectivity index (χ4v) is 10.7. The summed E-state index contributed by atoms with van der Waals surface area (Å²) in [5.74, 6) is 0. The minimum Gasteiger partial charge on any atom is -0.311 e. The lowest BCUT2D eigenvalue weighted by Gasteiger charge is -2.25. The zero-order valence-corrected chi connectivity index (χ0v) is 32.6. The van der Waals surface area contributed by atoms with E-state index in [2.05, 4.69) is 217 Å². The molecule has 0 atom stereocenters. The van der Waals surface area contributed by atoms with Crippen LogP contribution in [-0.4, -0.2) is 0 Å². The van der Waals surface area contributed by atoms with Crippen molar-refractivity contribution in [3.63, 3.8) is 0 Å². The van der Waals surface area contributed by atoms with Gasteiger partial charge in [-0.05, 0) is 105 Å². The molecule has 2 heterocycles. The van der Waals surface area contributed by atoms with Gasteiger partial charge in [0.05, 0.1) is 0 Å². The monoisotopic (exact) mass is 761 g/mol. The first kappa shape index (κ1) is 33.5. The minimum atomic E-state index is 1.13. The van der Waals surface area contributed by atoms with Crippen molar-refractivity contribution in [1.29, 1.82) is 0 Å². The van der Waals surface area contributed by atoms with Gasteiger partial charge in [-0.1, -0.05) is 152 Å². The molecule has 3 heteroatoms. The van der Waals surface area contributed by atoms with Gasteiger partial charge in [0.2, 0.25) is 0 Å². The van der Waals surface area contributed by atoms with Crippen LogP contribution in [-0.2, 0) is 0 Å². The molecule has 11 rings (SSSR count). The van der Waals surface area contributed by atoms with Crippen LogP contribution in [0.4, 0.5) is 17.1 Å². The number of hydrogen-bond acceptors (Lipinski definition) is 3. The average molecular weight is 762 g/mol. The van der Waals surface area contributed by atoms with Gasteiger partial charge in [-0.25, -0.2) is 0 Å². The van der Waals surface area contributed by atoms with Gasteiger partial charge in [0.1, 0.15) is 0 Å². The van der Waals surface area contributed by atoms with E-state index in [0.29, 0.717) is 0 Å². The maximum Gasteiger partial charge on any atom is 0.0462 e. The van der Waals surface area contributed by atoms with E-state index in [1.165, 1.54) is 84.9 Å². The molecule has 11 aromatic rings. The van der Waals surface area contributed by atoms with E-state index in [9.17, 15) is 0 Å². The van der Waals surface area contributed by atoms with Crippen LogP contribution in [0, 0.1) is 0 Å². The molecule has 0 aliphatic heterocycles. The highest BCUT2D eigenvalue weighted by molar-refractivity contribution is 7.27. The first-order valence-corrected chi connectivity index (χ1v) is 21.0. The van der Waals surface area contributed by atoms with Crippen LogP contribution in [0.5, 0.6) is 0 Å². The molecule has 0 saturated heterocycles. The number of nitrogens with zero attached hydrogens (tertiary/aromatic N) is 1. The third-order valence-corrected chi connectivity index (χ3v) is 13.5. The van der Waals surface area contributed by atoms with Crippen LogP contribution in [0.3, 0.4) is 0 Å². The molecule has 0 unspecified atom stereocenters. The second-order valence-corrected chi connectivity index (χ2v) is 16.6. The molecule has 0 saturated carbocycles. The summed E-state index contributed by atoms with van der Waals surface area (Å²) in [7, 11) is 0. The molecule has 2 aromatic heterocycles. The highest BCUT2D eigenvalue weighted by Gasteiger charge is 2.16. The molecule has 268 valence electrons. The zero-order valence-electron chi connectivity index (χ0n) is 31.0. The van der Waals surface area contributed by atoms with Crippen LogP contribution < -0.4 is 4.90 Å². The van der Waals surface area contributed by atoms with Crippen molar-refractivity contribution in [2.24, 2.45) is 0 Å². The summed E-state index contributed by atoms with van der Waals surface area (Å²) < 4.78 is 5.29. The minimum absolute atomic E-state index is 1.13. The molecule has 0 fully saturated rings. The van der Waals surface area contributed by atoms with Gasteiger partial charge in [-0.3, -0.25) is 0 Å². The summed E-state index contributed by atoms with van der Waals surface area (Å²) >= 11 is 3.79. The van der Waals surface area contributed by atoms with Crippen LogP contribution in [0.25, 0.3) is 84.9 Å². The van der Waals surface area contributed by atoms with Gasteiger partial charge in [0.25, 0.3) is 0 Å². The smallest absolute Gasteiger partial charge is 0.0462 e. The Morgan fingerprint density at radius 3 is 1.28 bits per heavy atom. The van der Waals surface area contributed by atoms with Crippen molar-refractivity contribution < 1.29 is 0 Å². The molecule has 0 N–H and O–H groups in total. The van der Waals surface area contributed by atoms with E-state index in [-0.39, 0.29) is 0 Å². The average Bonchev–Trinajstić information content (AvgIpc) is 3.86. The topological polar surface area (TPSA) is 3.24 Å². The van der Waals surface area contributed by atoms with Gasteiger partial charge < -0.3 is 4.90 Å². The number of para-hydroxylation sites is 2. The van der Waals surface area contributed by atoms with Crippen LogP contribution >= 0.6 is 22.7 Å². The second kappa shape index (κ2) is 14.1. The molecular formula is C54H35NS2. The van der Waals surface area contributed by atoms with Crippen molar-refractivity contribution in [2.75, 3.05) is 4.90 Å². The zero-order chi connectivity index (χ0) is 37.7. The maximum atomic E-state index is 2.42. The Labute approximate surface area is 340 Å². The van der Waals surface area contributed by atoms with E-state index in [1.54, 1.807) is 0 Å². The molecule has 9 aromatic carbocycles. The lowest BCUT2D eigenvalue weighted by molar-refractivity contribution is 1.28. The van der Waals surface area contributed by atoms with Crippen molar-refractivity contribution in [2.45, 2.75) is 0 Å². The molecule has 0 spiro atoms. The molecule has 0 amide bonds. The Balaban J connectivity index is 0.960. The third-order valence-electron chi connectivity index (χ3n) is 11.1. The molecule has 1 nitrogen and oxygen atoms in total. The van der Waals surface area contributed by atoms with Crippen molar-refractivity contribution >= 4 is 80.1 Å². The Bertz CT molecular complexity index is 3160. The fraction of sp³-hybridized carbons (Fsp3) is 0. The molecule has 0 aliphatic rings. The highest BCUT2D eigenvalue weighted by Crippen LogP contribution is 2.46. The third kappa shape index (κ3) is 6.00. The first-order valence-electron chi connectivity index (χ1n) is 19.3. The van der Waals surface area contributed by atoms with Gasteiger partial charge in [-0.2, -0.15) is 0 Å². The molecule has 0 aliphatic carbocycles. The number of fused-ring (bicyclic) bond motifs is 6. The first-order chi connectivity index (χ1) is 28.2. The Morgan fingerprint density at radius 1 is 0.263 bits per heavy atom. The van der Waals surface area contributed by atoms with Gasteiger partial charge in [0, 0.05) is 57.4 Å². The van der Waals surface area contributed by atoms with Gasteiger partial charge in [0.15, 0.2) is 0 Å². The summed E-state index contributed by atoms with van der Waals surface area (Å²) in [4.78, 5) is 2.31. The quantitative estimate of drug-likeness (QED) is 0.156. The Morgan fingerprint density at radius 2 is 0.684 bits per heavy atom. The van der Waals surface area contributed by atoms with Crippen molar-refractivity contribution in [3.05, 3.63) is 212 Å². The van der Waals surface area contributed by atoms with E-state index < -0.39 is 0 Å². The van der Waals surface area contributed by atoms with E-state index in [4.69, 9.17) is 0 Å². The SMILES string of the molecule is c1ccc(-c2ccc(-c3cccc4c3sc3c(-c5ccc6sc7ccc(-c8ccc(N(c9ccccc9)c9ccccc9)cc8)cc7c6c5)cccc34)cc2)cc1. The lowest BCUT2D eigenvalue weighted by Crippen LogP contribution is -2.09. The standard InChI is InChI=1S/C54H35NS2/c1-4-12-36(13-5-1)37-22-24-39(25-23-37)45-18-10-20-47-48-21-11-19-46(54(48)57-53(45)47)41-29-33-52-50(35-41)49-34-40(28-32-51(49)56-52)38-26-30-44(31-27-38)55(42-14-6-2-7-15-42)43-16-8-3-9-17-43/h1-35H. The summed E-state index contributed by atoms with van der Waals surface area (Å²) in [6.45, 7) is 0. The summed E-state index contributed by atoms with van der Waals surface area (Å²) in [6, 6.07) is 77.3. The van der Waals surface area contributed by atoms with Crippen molar-refractivity contribution in [1.82, 2.24) is 0 Å². The largest absolute Gasteiger partial charge is 0.311 e. The summed E-state index contributed by atoms with van der Waals surface area (Å²) in [5, 5.41) is 5.24. The Kier molecular flexibility index (Phi) is 8.28. The Hall–Kier alpha value is -6.78. The van der Waals surface area contributed by atoms with Crippen LogP contribution in [0.15, 0.2) is 212 Å². The fourth-order valence-electron chi connectivity index (χ4n) is 8.28. The van der Waals surface area contributed by atoms with Gasteiger partial charge in [-0.15, -0.1) is 22.7 Å². The summed E-state index contributed by atoms with van der Waals surface area (Å²) in [6.07, 6.45) is 0. The van der Waals surface area contributed by atoms with E-state index >= 15 is 0 Å². The molecule has 57 heavy (non-hydrogen) atoms. The number of hydrogen-bond donors (Lipinski definition) is 0. The molecule has 0 bridgehead atoms. The molecule has 0 radical (unpaired) electrons. The lowest BCUT2D eigenvalue weighted by atomic mass is 9.97. The number of thiophene rings is 2. The maximum absolute atomic E-state index is 2.42. The number of rotatable bonds is 7. The normalized spacial score (nSPS) is 11.5. The van der Waals surface area contributed by atoms with Crippen LogP contribution in [0.2, 0.25) is 0 Å². The number of benzene rings is 9.